The fourth-order valence-electron chi connectivity index (χ4n) is 2.33. The largest absolute Gasteiger partial charge is 0.335 e. The van der Waals surface area contributed by atoms with E-state index >= 15 is 0 Å². The molecule has 6 nitrogen and oxygen atoms in total. The maximum absolute atomic E-state index is 12.4. The standard InChI is InChI=1S/C14H25N5OS/c1-17(2)5-6-18-7-9-19(10-8-18)14(20)12-11-21-13(16-12)3-4-15/h11H,3-10,15H2,1-2H3. The van der Waals surface area contributed by atoms with Crippen LogP contribution in [0.25, 0.3) is 0 Å². The molecule has 0 radical (unpaired) electrons. The Balaban J connectivity index is 1.82. The fraction of sp³-hybridized carbons (Fsp3) is 0.714. The van der Waals surface area contributed by atoms with E-state index in [2.05, 4.69) is 28.9 Å². The average molecular weight is 311 g/mol. The van der Waals surface area contributed by atoms with Crippen LogP contribution in [0.4, 0.5) is 0 Å². The molecule has 1 aromatic heterocycles. The van der Waals surface area contributed by atoms with Gasteiger partial charge in [0.25, 0.3) is 5.91 Å². The van der Waals surface area contributed by atoms with Crippen molar-refractivity contribution in [1.82, 2.24) is 19.7 Å². The normalized spacial score (nSPS) is 16.7. The molecule has 118 valence electrons. The van der Waals surface area contributed by atoms with Crippen LogP contribution in [0.15, 0.2) is 5.38 Å². The number of thiazole rings is 1. The predicted molar refractivity (Wildman–Crippen MR) is 85.8 cm³/mol. The first-order valence-electron chi connectivity index (χ1n) is 7.41. The van der Waals surface area contributed by atoms with Gasteiger partial charge >= 0.3 is 0 Å². The van der Waals surface area contributed by atoms with Crippen molar-refractivity contribution in [2.75, 3.05) is 59.9 Å². The summed E-state index contributed by atoms with van der Waals surface area (Å²) >= 11 is 1.52. The number of rotatable bonds is 6. The molecule has 1 aromatic rings. The Bertz CT molecular complexity index is 454. The second-order valence-corrected chi connectivity index (χ2v) is 6.54. The van der Waals surface area contributed by atoms with E-state index in [9.17, 15) is 4.79 Å². The zero-order valence-corrected chi connectivity index (χ0v) is 13.7. The summed E-state index contributed by atoms with van der Waals surface area (Å²) in [5.41, 5.74) is 6.09. The molecule has 0 spiro atoms. The van der Waals surface area contributed by atoms with Gasteiger partial charge in [-0.3, -0.25) is 9.69 Å². The minimum absolute atomic E-state index is 0.0572. The number of nitrogens with zero attached hydrogens (tertiary/aromatic N) is 4. The number of likely N-dealkylation sites (N-methyl/N-ethyl adjacent to an activating group) is 1. The van der Waals surface area contributed by atoms with Gasteiger partial charge in [-0.25, -0.2) is 4.98 Å². The highest BCUT2D eigenvalue weighted by Crippen LogP contribution is 2.13. The summed E-state index contributed by atoms with van der Waals surface area (Å²) < 4.78 is 0. The molecule has 7 heteroatoms. The number of hydrogen-bond donors (Lipinski definition) is 1. The minimum Gasteiger partial charge on any atom is -0.335 e. The number of nitrogens with two attached hydrogens (primary N) is 1. The van der Waals surface area contributed by atoms with Crippen molar-refractivity contribution in [3.63, 3.8) is 0 Å². The van der Waals surface area contributed by atoms with E-state index in [-0.39, 0.29) is 5.91 Å². The van der Waals surface area contributed by atoms with E-state index in [0.29, 0.717) is 12.2 Å². The Morgan fingerprint density at radius 1 is 1.38 bits per heavy atom. The van der Waals surface area contributed by atoms with Gasteiger partial charge in [-0.2, -0.15) is 0 Å². The van der Waals surface area contributed by atoms with Crippen LogP contribution in [0.3, 0.4) is 0 Å². The van der Waals surface area contributed by atoms with E-state index in [0.717, 1.165) is 50.7 Å². The average Bonchev–Trinajstić information content (AvgIpc) is 2.94. The second-order valence-electron chi connectivity index (χ2n) is 5.60. The molecule has 0 unspecified atom stereocenters. The number of carbonyl (C=O) groups is 1. The van der Waals surface area contributed by atoms with E-state index in [1.807, 2.05) is 10.3 Å². The van der Waals surface area contributed by atoms with Crippen molar-refractivity contribution in [2.24, 2.45) is 5.73 Å². The van der Waals surface area contributed by atoms with Crippen molar-refractivity contribution in [2.45, 2.75) is 6.42 Å². The molecule has 1 aliphatic rings. The van der Waals surface area contributed by atoms with Crippen LogP contribution in [0, 0.1) is 0 Å². The number of piperazine rings is 1. The molecule has 0 aromatic carbocycles. The molecular weight excluding hydrogens is 286 g/mol. The van der Waals surface area contributed by atoms with Gasteiger partial charge < -0.3 is 15.5 Å². The summed E-state index contributed by atoms with van der Waals surface area (Å²) in [5, 5.41) is 2.80. The topological polar surface area (TPSA) is 65.7 Å². The first-order chi connectivity index (χ1) is 10.1. The number of amides is 1. The lowest BCUT2D eigenvalue weighted by atomic mass is 10.3. The summed E-state index contributed by atoms with van der Waals surface area (Å²) in [5.74, 6) is 0.0572. The highest BCUT2D eigenvalue weighted by molar-refractivity contribution is 7.09. The smallest absolute Gasteiger partial charge is 0.273 e. The van der Waals surface area contributed by atoms with Crippen molar-refractivity contribution in [1.29, 1.82) is 0 Å². The fourth-order valence-corrected chi connectivity index (χ4v) is 3.11. The molecule has 1 amide bonds. The maximum atomic E-state index is 12.4. The lowest BCUT2D eigenvalue weighted by Gasteiger charge is -2.34. The molecule has 1 fully saturated rings. The van der Waals surface area contributed by atoms with Crippen molar-refractivity contribution >= 4 is 17.2 Å². The molecule has 0 bridgehead atoms. The quantitative estimate of drug-likeness (QED) is 0.799. The molecule has 0 atom stereocenters. The molecule has 2 heterocycles. The van der Waals surface area contributed by atoms with E-state index < -0.39 is 0 Å². The Hall–Kier alpha value is -1.02. The van der Waals surface area contributed by atoms with Crippen LogP contribution in [-0.4, -0.2) is 85.5 Å². The number of carbonyl (C=O) groups excluding carboxylic acids is 1. The molecule has 1 aliphatic heterocycles. The van der Waals surface area contributed by atoms with Gasteiger partial charge in [0.15, 0.2) is 0 Å². The van der Waals surface area contributed by atoms with E-state index in [1.54, 1.807) is 0 Å². The predicted octanol–water partition coefficient (Wildman–Crippen LogP) is -0.0363. The Labute approximate surface area is 130 Å². The van der Waals surface area contributed by atoms with E-state index in [4.69, 9.17) is 5.73 Å². The van der Waals surface area contributed by atoms with Crippen molar-refractivity contribution in [3.8, 4) is 0 Å². The molecule has 1 saturated heterocycles. The van der Waals surface area contributed by atoms with Crippen LogP contribution in [-0.2, 0) is 6.42 Å². The SMILES string of the molecule is CN(C)CCN1CCN(C(=O)c2csc(CCN)n2)CC1. The van der Waals surface area contributed by atoms with Crippen molar-refractivity contribution < 1.29 is 4.79 Å². The van der Waals surface area contributed by atoms with Gasteiger partial charge in [-0.15, -0.1) is 11.3 Å². The molecule has 2 rings (SSSR count). The maximum Gasteiger partial charge on any atom is 0.273 e. The molecule has 21 heavy (non-hydrogen) atoms. The molecule has 0 aliphatic carbocycles. The van der Waals surface area contributed by atoms with Crippen LogP contribution < -0.4 is 5.73 Å². The van der Waals surface area contributed by atoms with Gasteiger partial charge in [0.1, 0.15) is 5.69 Å². The summed E-state index contributed by atoms with van der Waals surface area (Å²) in [6.45, 7) is 6.16. The van der Waals surface area contributed by atoms with E-state index in [1.165, 1.54) is 11.3 Å². The van der Waals surface area contributed by atoms with Crippen LogP contribution in [0.1, 0.15) is 15.5 Å². The van der Waals surface area contributed by atoms with Crippen LogP contribution in [0.5, 0.6) is 0 Å². The summed E-state index contributed by atoms with van der Waals surface area (Å²) in [4.78, 5) is 23.3. The Morgan fingerprint density at radius 2 is 2.10 bits per heavy atom. The van der Waals surface area contributed by atoms with Crippen molar-refractivity contribution in [3.05, 3.63) is 16.1 Å². The zero-order chi connectivity index (χ0) is 15.2. The van der Waals surface area contributed by atoms with Gasteiger partial charge in [0, 0.05) is 51.1 Å². The van der Waals surface area contributed by atoms with Gasteiger partial charge in [-0.05, 0) is 20.6 Å². The van der Waals surface area contributed by atoms with Crippen LogP contribution in [0.2, 0.25) is 0 Å². The van der Waals surface area contributed by atoms with Gasteiger partial charge in [0.2, 0.25) is 0 Å². The second kappa shape index (κ2) is 7.84. The first kappa shape index (κ1) is 16.4. The molecule has 0 saturated carbocycles. The highest BCUT2D eigenvalue weighted by atomic mass is 32.1. The highest BCUT2D eigenvalue weighted by Gasteiger charge is 2.23. The minimum atomic E-state index is 0.0572. The third-order valence-electron chi connectivity index (χ3n) is 3.65. The summed E-state index contributed by atoms with van der Waals surface area (Å²) in [6.07, 6.45) is 0.746. The number of hydrogen-bond acceptors (Lipinski definition) is 6. The molecule has 2 N–H and O–H groups in total. The summed E-state index contributed by atoms with van der Waals surface area (Å²) in [6, 6.07) is 0. The third-order valence-corrected chi connectivity index (χ3v) is 4.56. The first-order valence-corrected chi connectivity index (χ1v) is 8.29. The Kier molecular flexibility index (Phi) is 6.10. The monoisotopic (exact) mass is 311 g/mol. The lowest BCUT2D eigenvalue weighted by molar-refractivity contribution is 0.0624. The van der Waals surface area contributed by atoms with Gasteiger partial charge in [0.05, 0.1) is 5.01 Å². The van der Waals surface area contributed by atoms with Crippen LogP contribution >= 0.6 is 11.3 Å². The number of aromatic nitrogens is 1. The summed E-state index contributed by atoms with van der Waals surface area (Å²) in [7, 11) is 4.17. The third kappa shape index (κ3) is 4.74. The molecular formula is C14H25N5OS. The zero-order valence-electron chi connectivity index (χ0n) is 12.9. The van der Waals surface area contributed by atoms with Gasteiger partial charge in [-0.1, -0.05) is 0 Å². The lowest BCUT2D eigenvalue weighted by Crippen LogP contribution is -2.50. The Morgan fingerprint density at radius 3 is 2.71 bits per heavy atom.